The monoisotopic (exact) mass is 209 g/mol. The molecule has 1 N–H and O–H groups in total. The molecule has 2 rings (SSSR count). The number of nitrogens with one attached hydrogen (secondary N) is 1. The van der Waals surface area contributed by atoms with Crippen molar-refractivity contribution < 1.29 is 4.79 Å². The molecule has 1 aromatic carbocycles. The standard InChI is InChI=1S/C12H7N3O/c13-6-9(7-14)3-8-1-2-11-10(4-8)5-12(16)15-11/h1-4H,5H2,(H,15,16). The second-order valence-electron chi connectivity index (χ2n) is 3.42. The first-order chi connectivity index (χ1) is 7.72. The molecule has 0 bridgehead atoms. The number of anilines is 1. The Kier molecular flexibility index (Phi) is 2.41. The van der Waals surface area contributed by atoms with Crippen molar-refractivity contribution in [3.8, 4) is 12.1 Å². The van der Waals surface area contributed by atoms with Gasteiger partial charge in [0.05, 0.1) is 6.42 Å². The summed E-state index contributed by atoms with van der Waals surface area (Å²) in [7, 11) is 0. The van der Waals surface area contributed by atoms with E-state index in [1.165, 1.54) is 6.08 Å². The highest BCUT2D eigenvalue weighted by Gasteiger charge is 2.16. The normalized spacial score (nSPS) is 12.0. The van der Waals surface area contributed by atoms with Crippen molar-refractivity contribution >= 4 is 17.7 Å². The lowest BCUT2D eigenvalue weighted by Gasteiger charge is -1.99. The Bertz CT molecular complexity index is 557. The lowest BCUT2D eigenvalue weighted by atomic mass is 10.1. The van der Waals surface area contributed by atoms with Gasteiger partial charge >= 0.3 is 0 Å². The van der Waals surface area contributed by atoms with Gasteiger partial charge in [0.25, 0.3) is 0 Å². The molecule has 0 saturated carbocycles. The lowest BCUT2D eigenvalue weighted by molar-refractivity contribution is -0.115. The Morgan fingerprint density at radius 3 is 2.81 bits per heavy atom. The molecule has 0 aliphatic carbocycles. The van der Waals surface area contributed by atoms with Crippen LogP contribution >= 0.6 is 0 Å². The van der Waals surface area contributed by atoms with Crippen LogP contribution in [0.1, 0.15) is 11.1 Å². The zero-order chi connectivity index (χ0) is 11.5. The first-order valence-corrected chi connectivity index (χ1v) is 4.67. The molecule has 16 heavy (non-hydrogen) atoms. The second-order valence-corrected chi connectivity index (χ2v) is 3.42. The summed E-state index contributed by atoms with van der Waals surface area (Å²) in [4.78, 5) is 11.1. The van der Waals surface area contributed by atoms with E-state index in [2.05, 4.69) is 5.32 Å². The van der Waals surface area contributed by atoms with E-state index in [-0.39, 0.29) is 11.5 Å². The van der Waals surface area contributed by atoms with Gasteiger partial charge in [-0.1, -0.05) is 6.07 Å². The number of carbonyl (C=O) groups excluding carboxylic acids is 1. The van der Waals surface area contributed by atoms with E-state index in [0.717, 1.165) is 16.8 Å². The van der Waals surface area contributed by atoms with E-state index in [0.29, 0.717) is 6.42 Å². The molecular weight excluding hydrogens is 202 g/mol. The van der Waals surface area contributed by atoms with E-state index in [1.807, 2.05) is 6.07 Å². The summed E-state index contributed by atoms with van der Waals surface area (Å²) in [6.07, 6.45) is 1.86. The number of nitrogens with zero attached hydrogens (tertiary/aromatic N) is 2. The molecule has 0 fully saturated rings. The maximum Gasteiger partial charge on any atom is 0.228 e. The predicted octanol–water partition coefficient (Wildman–Crippen LogP) is 1.61. The third-order valence-corrected chi connectivity index (χ3v) is 2.31. The van der Waals surface area contributed by atoms with Gasteiger partial charge in [0.2, 0.25) is 5.91 Å². The number of rotatable bonds is 1. The van der Waals surface area contributed by atoms with Gasteiger partial charge in [0.15, 0.2) is 0 Å². The smallest absolute Gasteiger partial charge is 0.228 e. The molecule has 4 heteroatoms. The lowest BCUT2D eigenvalue weighted by Crippen LogP contribution is -2.03. The minimum atomic E-state index is -0.0306. The maximum atomic E-state index is 11.1. The van der Waals surface area contributed by atoms with Crippen LogP contribution in [0.25, 0.3) is 6.08 Å². The summed E-state index contributed by atoms with van der Waals surface area (Å²) < 4.78 is 0. The van der Waals surface area contributed by atoms with Crippen molar-refractivity contribution in [3.05, 3.63) is 34.9 Å². The molecule has 1 amide bonds. The number of hydrogen-bond acceptors (Lipinski definition) is 3. The fraction of sp³-hybridized carbons (Fsp3) is 0.0833. The average Bonchev–Trinajstić information content (AvgIpc) is 2.65. The summed E-state index contributed by atoms with van der Waals surface area (Å²) in [6, 6.07) is 8.93. The molecule has 76 valence electrons. The number of carbonyl (C=O) groups is 1. The quantitative estimate of drug-likeness (QED) is 0.714. The van der Waals surface area contributed by atoms with E-state index < -0.39 is 0 Å². The van der Waals surface area contributed by atoms with Crippen LogP contribution in [0.4, 0.5) is 5.69 Å². The van der Waals surface area contributed by atoms with Gasteiger partial charge in [0.1, 0.15) is 17.7 Å². The summed E-state index contributed by atoms with van der Waals surface area (Å²) in [5.41, 5.74) is 2.51. The topological polar surface area (TPSA) is 76.7 Å². The Morgan fingerprint density at radius 1 is 1.38 bits per heavy atom. The Hall–Kier alpha value is -2.59. The molecule has 4 nitrogen and oxygen atoms in total. The first kappa shape index (κ1) is 9.95. The van der Waals surface area contributed by atoms with E-state index in [9.17, 15) is 4.79 Å². The molecule has 1 aromatic rings. The minimum absolute atomic E-state index is 0.0306. The molecule has 1 heterocycles. The first-order valence-electron chi connectivity index (χ1n) is 4.67. The van der Waals surface area contributed by atoms with Gasteiger partial charge in [-0.05, 0) is 29.3 Å². The van der Waals surface area contributed by atoms with Gasteiger partial charge in [-0.15, -0.1) is 0 Å². The molecule has 0 spiro atoms. The highest BCUT2D eigenvalue weighted by atomic mass is 16.1. The summed E-state index contributed by atoms with van der Waals surface area (Å²) in [5, 5.41) is 19.9. The number of fused-ring (bicyclic) bond motifs is 1. The van der Waals surface area contributed by atoms with Crippen LogP contribution < -0.4 is 5.32 Å². The van der Waals surface area contributed by atoms with E-state index in [4.69, 9.17) is 10.5 Å². The van der Waals surface area contributed by atoms with Crippen molar-refractivity contribution in [1.29, 1.82) is 10.5 Å². The fourth-order valence-electron chi connectivity index (χ4n) is 1.60. The zero-order valence-corrected chi connectivity index (χ0v) is 8.32. The van der Waals surface area contributed by atoms with Crippen LogP contribution in [0.2, 0.25) is 0 Å². The minimum Gasteiger partial charge on any atom is -0.326 e. The molecular formula is C12H7N3O. The van der Waals surface area contributed by atoms with Crippen molar-refractivity contribution in [1.82, 2.24) is 0 Å². The summed E-state index contributed by atoms with van der Waals surface area (Å²) >= 11 is 0. The Labute approximate surface area is 92.4 Å². The number of allylic oxidation sites excluding steroid dienone is 1. The largest absolute Gasteiger partial charge is 0.326 e. The Morgan fingerprint density at radius 2 is 2.12 bits per heavy atom. The molecule has 0 aromatic heterocycles. The van der Waals surface area contributed by atoms with Gasteiger partial charge in [-0.2, -0.15) is 10.5 Å². The van der Waals surface area contributed by atoms with Gasteiger partial charge < -0.3 is 5.32 Å². The van der Waals surface area contributed by atoms with Gasteiger partial charge in [-0.3, -0.25) is 4.79 Å². The zero-order valence-electron chi connectivity index (χ0n) is 8.32. The number of hydrogen-bond donors (Lipinski definition) is 1. The Balaban J connectivity index is 2.38. The third-order valence-electron chi connectivity index (χ3n) is 2.31. The highest BCUT2D eigenvalue weighted by molar-refractivity contribution is 5.99. The molecule has 0 saturated heterocycles. The second kappa shape index (κ2) is 3.88. The molecule has 0 radical (unpaired) electrons. The van der Waals surface area contributed by atoms with Gasteiger partial charge in [-0.25, -0.2) is 0 Å². The van der Waals surface area contributed by atoms with Crippen LogP contribution in [-0.2, 0) is 11.2 Å². The van der Waals surface area contributed by atoms with E-state index >= 15 is 0 Å². The highest BCUT2D eigenvalue weighted by Crippen LogP contribution is 2.24. The molecule has 1 aliphatic heterocycles. The van der Waals surface area contributed by atoms with Crippen LogP contribution in [0.5, 0.6) is 0 Å². The van der Waals surface area contributed by atoms with Gasteiger partial charge in [0, 0.05) is 5.69 Å². The molecule has 0 atom stereocenters. The third kappa shape index (κ3) is 1.77. The van der Waals surface area contributed by atoms with Crippen molar-refractivity contribution in [2.45, 2.75) is 6.42 Å². The number of benzene rings is 1. The van der Waals surface area contributed by atoms with Crippen LogP contribution in [0.3, 0.4) is 0 Å². The van der Waals surface area contributed by atoms with E-state index in [1.54, 1.807) is 24.3 Å². The average molecular weight is 209 g/mol. The summed E-state index contributed by atoms with van der Waals surface area (Å²) in [6.45, 7) is 0. The van der Waals surface area contributed by atoms with Crippen LogP contribution in [0.15, 0.2) is 23.8 Å². The van der Waals surface area contributed by atoms with Crippen molar-refractivity contribution in [2.24, 2.45) is 0 Å². The van der Waals surface area contributed by atoms with Crippen LogP contribution in [-0.4, -0.2) is 5.91 Å². The predicted molar refractivity (Wildman–Crippen MR) is 58.0 cm³/mol. The SMILES string of the molecule is N#CC(C#N)=Cc1ccc2c(c1)CC(=O)N2. The fourth-order valence-corrected chi connectivity index (χ4v) is 1.60. The van der Waals surface area contributed by atoms with Crippen molar-refractivity contribution in [2.75, 3.05) is 5.32 Å². The number of nitriles is 2. The molecule has 0 unspecified atom stereocenters. The summed E-state index contributed by atoms with van der Waals surface area (Å²) in [5.74, 6) is -0.0306. The van der Waals surface area contributed by atoms with Crippen LogP contribution in [0, 0.1) is 22.7 Å². The maximum absolute atomic E-state index is 11.1. The molecule has 1 aliphatic rings. The number of amides is 1. The van der Waals surface area contributed by atoms with Crippen molar-refractivity contribution in [3.63, 3.8) is 0 Å².